The summed E-state index contributed by atoms with van der Waals surface area (Å²) in [5.41, 5.74) is 2.67. The lowest BCUT2D eigenvalue weighted by Crippen LogP contribution is -2.61. The molecule has 0 saturated carbocycles. The number of piperazine rings is 1. The standard InChI is InChI=1S/C23H24ClN3O3/c1-2-14-3-7-16(8-4-14)21(28)25-18-12-20-22(29)26-19(23(30)27(20)13-18)11-15-5-9-17(24)10-6-15/h3-10,18-20H,2,11-13H2,1H3,(H,25,28)(H,26,29)/t18-,19-,20-/m0/s1. The summed E-state index contributed by atoms with van der Waals surface area (Å²) < 4.78 is 0. The molecule has 2 aromatic rings. The maximum absolute atomic E-state index is 13.0. The zero-order valence-corrected chi connectivity index (χ0v) is 17.5. The van der Waals surface area contributed by atoms with Gasteiger partial charge >= 0.3 is 0 Å². The highest BCUT2D eigenvalue weighted by Crippen LogP contribution is 2.24. The van der Waals surface area contributed by atoms with Gasteiger partial charge in [0.2, 0.25) is 11.8 Å². The number of halogens is 1. The van der Waals surface area contributed by atoms with Crippen LogP contribution in [0, 0.1) is 0 Å². The van der Waals surface area contributed by atoms with E-state index in [0.29, 0.717) is 30.0 Å². The quantitative estimate of drug-likeness (QED) is 0.771. The molecule has 2 aliphatic rings. The van der Waals surface area contributed by atoms with E-state index >= 15 is 0 Å². The highest BCUT2D eigenvalue weighted by Gasteiger charge is 2.46. The fraction of sp³-hybridized carbons (Fsp3) is 0.348. The number of rotatable bonds is 5. The summed E-state index contributed by atoms with van der Waals surface area (Å²) in [5, 5.41) is 6.44. The van der Waals surface area contributed by atoms with Crippen LogP contribution < -0.4 is 10.6 Å². The van der Waals surface area contributed by atoms with Gasteiger partial charge in [-0.05, 0) is 48.2 Å². The zero-order valence-electron chi connectivity index (χ0n) is 16.7. The summed E-state index contributed by atoms with van der Waals surface area (Å²) in [6.45, 7) is 2.40. The van der Waals surface area contributed by atoms with Crippen molar-refractivity contribution in [3.8, 4) is 0 Å². The van der Waals surface area contributed by atoms with Crippen LogP contribution in [0.15, 0.2) is 48.5 Å². The molecule has 7 heteroatoms. The Hall–Kier alpha value is -2.86. The second kappa shape index (κ2) is 8.48. The van der Waals surface area contributed by atoms with Crippen LogP contribution in [0.5, 0.6) is 0 Å². The summed E-state index contributed by atoms with van der Waals surface area (Å²) in [6, 6.07) is 13.3. The molecule has 0 aliphatic carbocycles. The second-order valence-corrected chi connectivity index (χ2v) is 8.29. The molecule has 6 nitrogen and oxygen atoms in total. The van der Waals surface area contributed by atoms with E-state index in [4.69, 9.17) is 11.6 Å². The number of carbonyl (C=O) groups excluding carboxylic acids is 3. The molecule has 0 unspecified atom stereocenters. The molecule has 2 heterocycles. The topological polar surface area (TPSA) is 78.5 Å². The van der Waals surface area contributed by atoms with Gasteiger partial charge in [0, 0.05) is 29.6 Å². The van der Waals surface area contributed by atoms with Crippen molar-refractivity contribution in [2.75, 3.05) is 6.54 Å². The molecule has 0 radical (unpaired) electrons. The Balaban J connectivity index is 1.40. The largest absolute Gasteiger partial charge is 0.347 e. The molecular weight excluding hydrogens is 402 g/mol. The number of hydrogen-bond donors (Lipinski definition) is 2. The van der Waals surface area contributed by atoms with Gasteiger partial charge in [-0.15, -0.1) is 0 Å². The van der Waals surface area contributed by atoms with Crippen molar-refractivity contribution >= 4 is 29.3 Å². The van der Waals surface area contributed by atoms with Gasteiger partial charge in [-0.25, -0.2) is 0 Å². The molecule has 2 aromatic carbocycles. The fourth-order valence-electron chi connectivity index (χ4n) is 4.12. The van der Waals surface area contributed by atoms with E-state index < -0.39 is 12.1 Å². The molecule has 2 fully saturated rings. The normalized spacial score (nSPS) is 23.1. The first-order chi connectivity index (χ1) is 14.4. The zero-order chi connectivity index (χ0) is 21.3. The number of aryl methyl sites for hydroxylation is 1. The van der Waals surface area contributed by atoms with E-state index in [2.05, 4.69) is 17.6 Å². The first kappa shape index (κ1) is 20.4. The third kappa shape index (κ3) is 4.19. The smallest absolute Gasteiger partial charge is 0.251 e. The van der Waals surface area contributed by atoms with Gasteiger partial charge in [0.1, 0.15) is 12.1 Å². The van der Waals surface area contributed by atoms with Crippen molar-refractivity contribution in [1.82, 2.24) is 15.5 Å². The summed E-state index contributed by atoms with van der Waals surface area (Å²) in [5.74, 6) is -0.468. The van der Waals surface area contributed by atoms with Gasteiger partial charge in [-0.1, -0.05) is 42.8 Å². The lowest BCUT2D eigenvalue weighted by molar-refractivity contribution is -0.147. The predicted molar refractivity (Wildman–Crippen MR) is 114 cm³/mol. The van der Waals surface area contributed by atoms with Gasteiger partial charge in [0.25, 0.3) is 5.91 Å². The molecule has 156 valence electrons. The van der Waals surface area contributed by atoms with Crippen molar-refractivity contribution in [3.63, 3.8) is 0 Å². The van der Waals surface area contributed by atoms with E-state index in [9.17, 15) is 14.4 Å². The summed E-state index contributed by atoms with van der Waals surface area (Å²) in [7, 11) is 0. The van der Waals surface area contributed by atoms with Gasteiger partial charge in [-0.2, -0.15) is 0 Å². The van der Waals surface area contributed by atoms with Gasteiger partial charge in [0.15, 0.2) is 0 Å². The highest BCUT2D eigenvalue weighted by molar-refractivity contribution is 6.30. The third-order valence-electron chi connectivity index (χ3n) is 5.81. The monoisotopic (exact) mass is 425 g/mol. The van der Waals surface area contributed by atoms with Crippen molar-refractivity contribution < 1.29 is 14.4 Å². The number of hydrogen-bond acceptors (Lipinski definition) is 3. The maximum Gasteiger partial charge on any atom is 0.251 e. The first-order valence-electron chi connectivity index (χ1n) is 10.2. The molecular formula is C23H24ClN3O3. The molecule has 3 atom stereocenters. The SMILES string of the molecule is CCc1ccc(C(=O)N[C@H]2C[C@H]3C(=O)N[C@@H](Cc4ccc(Cl)cc4)C(=O)N3C2)cc1. The molecule has 0 aromatic heterocycles. The predicted octanol–water partition coefficient (Wildman–Crippen LogP) is 2.34. The lowest BCUT2D eigenvalue weighted by atomic mass is 10.0. The molecule has 2 N–H and O–H groups in total. The Labute approximate surface area is 180 Å². The Morgan fingerprint density at radius 3 is 2.43 bits per heavy atom. The Kier molecular flexibility index (Phi) is 5.77. The molecule has 2 saturated heterocycles. The van der Waals surface area contributed by atoms with E-state index in [-0.39, 0.29) is 23.8 Å². The number of amides is 3. The van der Waals surface area contributed by atoms with Gasteiger partial charge < -0.3 is 15.5 Å². The van der Waals surface area contributed by atoms with Crippen LogP contribution >= 0.6 is 11.6 Å². The van der Waals surface area contributed by atoms with Crippen LogP contribution in [0.2, 0.25) is 5.02 Å². The molecule has 2 aliphatic heterocycles. The number of nitrogens with one attached hydrogen (secondary N) is 2. The maximum atomic E-state index is 13.0. The Morgan fingerprint density at radius 1 is 1.10 bits per heavy atom. The van der Waals surface area contributed by atoms with Crippen LogP contribution in [0.25, 0.3) is 0 Å². The second-order valence-electron chi connectivity index (χ2n) is 7.85. The van der Waals surface area contributed by atoms with Crippen molar-refractivity contribution in [2.45, 2.75) is 44.3 Å². The van der Waals surface area contributed by atoms with E-state index in [1.807, 2.05) is 24.3 Å². The number of benzene rings is 2. The van der Waals surface area contributed by atoms with Gasteiger partial charge in [0.05, 0.1) is 0 Å². The van der Waals surface area contributed by atoms with E-state index in [1.165, 1.54) is 5.56 Å². The minimum Gasteiger partial charge on any atom is -0.347 e. The van der Waals surface area contributed by atoms with Crippen molar-refractivity contribution in [1.29, 1.82) is 0 Å². The molecule has 3 amide bonds. The van der Waals surface area contributed by atoms with E-state index in [0.717, 1.165) is 12.0 Å². The summed E-state index contributed by atoms with van der Waals surface area (Å²) in [4.78, 5) is 39.8. The minimum atomic E-state index is -0.606. The van der Waals surface area contributed by atoms with Crippen LogP contribution in [0.3, 0.4) is 0 Å². The Morgan fingerprint density at radius 2 is 1.77 bits per heavy atom. The Bertz CT molecular complexity index is 959. The molecule has 4 rings (SSSR count). The van der Waals surface area contributed by atoms with Crippen LogP contribution in [0.1, 0.15) is 34.8 Å². The van der Waals surface area contributed by atoms with Crippen LogP contribution in [-0.4, -0.2) is 47.3 Å². The third-order valence-corrected chi connectivity index (χ3v) is 6.07. The highest BCUT2D eigenvalue weighted by atomic mass is 35.5. The van der Waals surface area contributed by atoms with Crippen molar-refractivity contribution in [2.24, 2.45) is 0 Å². The summed E-state index contributed by atoms with van der Waals surface area (Å²) in [6.07, 6.45) is 1.74. The van der Waals surface area contributed by atoms with Gasteiger partial charge in [-0.3, -0.25) is 14.4 Å². The first-order valence-corrected chi connectivity index (χ1v) is 10.6. The lowest BCUT2D eigenvalue weighted by Gasteiger charge is -2.34. The number of carbonyl (C=O) groups is 3. The van der Waals surface area contributed by atoms with Crippen molar-refractivity contribution in [3.05, 3.63) is 70.2 Å². The van der Waals surface area contributed by atoms with Crippen LogP contribution in [0.4, 0.5) is 0 Å². The summed E-state index contributed by atoms with van der Waals surface area (Å²) >= 11 is 5.92. The molecule has 0 spiro atoms. The van der Waals surface area contributed by atoms with E-state index in [1.54, 1.807) is 29.2 Å². The molecule has 30 heavy (non-hydrogen) atoms. The minimum absolute atomic E-state index is 0.112. The average molecular weight is 426 g/mol. The number of nitrogens with zero attached hydrogens (tertiary/aromatic N) is 1. The number of fused-ring (bicyclic) bond motifs is 1. The molecule has 0 bridgehead atoms. The average Bonchev–Trinajstić information content (AvgIpc) is 3.18. The van der Waals surface area contributed by atoms with Crippen LogP contribution in [-0.2, 0) is 22.4 Å². The fourth-order valence-corrected chi connectivity index (χ4v) is 4.24.